The molecule has 0 aliphatic carbocycles. The molecule has 5 heteroatoms. The third-order valence-electron chi connectivity index (χ3n) is 4.00. The van der Waals surface area contributed by atoms with Crippen LogP contribution in [0.2, 0.25) is 0 Å². The fourth-order valence-electron chi connectivity index (χ4n) is 2.71. The summed E-state index contributed by atoms with van der Waals surface area (Å²) in [5.74, 6) is 0.582. The van der Waals surface area contributed by atoms with Gasteiger partial charge in [-0.1, -0.05) is 54.6 Å². The summed E-state index contributed by atoms with van der Waals surface area (Å²) in [7, 11) is 1.43. The van der Waals surface area contributed by atoms with Crippen LogP contribution in [-0.4, -0.2) is 18.8 Å². The van der Waals surface area contributed by atoms with E-state index in [9.17, 15) is 9.18 Å². The van der Waals surface area contributed by atoms with Gasteiger partial charge < -0.3 is 10.1 Å². The van der Waals surface area contributed by atoms with Crippen LogP contribution in [0.1, 0.15) is 5.56 Å². The number of carbonyl (C=O) groups is 1. The van der Waals surface area contributed by atoms with E-state index in [4.69, 9.17) is 4.74 Å². The minimum absolute atomic E-state index is 0.0858. The molecule has 0 spiro atoms. The molecule has 0 heterocycles. The number of carbonyl (C=O) groups excluding carboxylic acids is 1. The van der Waals surface area contributed by atoms with Crippen molar-refractivity contribution in [3.05, 3.63) is 84.2 Å². The van der Waals surface area contributed by atoms with E-state index in [2.05, 4.69) is 5.32 Å². The van der Waals surface area contributed by atoms with Crippen molar-refractivity contribution >= 4 is 23.4 Å². The largest absolute Gasteiger partial charge is 0.494 e. The quantitative estimate of drug-likeness (QED) is 0.598. The predicted octanol–water partition coefficient (Wildman–Crippen LogP) is 5.37. The Labute approximate surface area is 162 Å². The number of nitrogens with one attached hydrogen (secondary N) is 1. The van der Waals surface area contributed by atoms with E-state index in [1.165, 1.54) is 24.9 Å². The van der Waals surface area contributed by atoms with Crippen LogP contribution in [-0.2, 0) is 10.5 Å². The molecule has 0 radical (unpaired) electrons. The van der Waals surface area contributed by atoms with E-state index >= 15 is 0 Å². The lowest BCUT2D eigenvalue weighted by molar-refractivity contribution is -0.113. The average molecular weight is 381 g/mol. The molecule has 1 amide bonds. The Kier molecular flexibility index (Phi) is 6.49. The van der Waals surface area contributed by atoms with Gasteiger partial charge in [0.25, 0.3) is 0 Å². The van der Waals surface area contributed by atoms with Crippen molar-refractivity contribution < 1.29 is 13.9 Å². The summed E-state index contributed by atoms with van der Waals surface area (Å²) < 4.78 is 18.6. The first kappa shape index (κ1) is 19.0. The van der Waals surface area contributed by atoms with Crippen LogP contribution < -0.4 is 10.1 Å². The molecule has 0 fully saturated rings. The second-order valence-corrected chi connectivity index (χ2v) is 6.91. The van der Waals surface area contributed by atoms with Crippen LogP contribution in [0, 0.1) is 5.82 Å². The number of thioether (sulfide) groups is 1. The zero-order valence-electron chi connectivity index (χ0n) is 14.9. The Balaban J connectivity index is 1.58. The molecule has 27 heavy (non-hydrogen) atoms. The van der Waals surface area contributed by atoms with Gasteiger partial charge in [0, 0.05) is 17.0 Å². The van der Waals surface area contributed by atoms with E-state index < -0.39 is 5.82 Å². The van der Waals surface area contributed by atoms with Crippen LogP contribution in [0.3, 0.4) is 0 Å². The molecule has 1 N–H and O–H groups in total. The molecular formula is C22H20FNO2S. The number of hydrogen-bond donors (Lipinski definition) is 1. The monoisotopic (exact) mass is 381 g/mol. The number of amides is 1. The first-order valence-electron chi connectivity index (χ1n) is 8.52. The van der Waals surface area contributed by atoms with Crippen molar-refractivity contribution in [3.8, 4) is 16.9 Å². The van der Waals surface area contributed by atoms with Gasteiger partial charge in [0.1, 0.15) is 0 Å². The Morgan fingerprint density at radius 2 is 1.78 bits per heavy atom. The van der Waals surface area contributed by atoms with Gasteiger partial charge in [-0.3, -0.25) is 4.79 Å². The van der Waals surface area contributed by atoms with Crippen molar-refractivity contribution in [1.29, 1.82) is 0 Å². The summed E-state index contributed by atoms with van der Waals surface area (Å²) in [6.45, 7) is 0. The molecule has 0 aliphatic rings. The zero-order chi connectivity index (χ0) is 19.1. The number of halogens is 1. The highest BCUT2D eigenvalue weighted by molar-refractivity contribution is 7.99. The van der Waals surface area contributed by atoms with Crippen LogP contribution in [0.5, 0.6) is 5.75 Å². The standard InChI is InChI=1S/C22H20FNO2S/c1-26-21-12-11-16(13-19(21)23)14-27-15-22(25)24-20-10-6-5-9-18(20)17-7-3-2-4-8-17/h2-13H,14-15H2,1H3,(H,24,25). The second-order valence-electron chi connectivity index (χ2n) is 5.92. The van der Waals surface area contributed by atoms with Gasteiger partial charge in [0.15, 0.2) is 11.6 Å². The number of rotatable bonds is 7. The normalized spacial score (nSPS) is 10.4. The molecule has 3 aromatic carbocycles. The Morgan fingerprint density at radius 3 is 2.52 bits per heavy atom. The zero-order valence-corrected chi connectivity index (χ0v) is 15.8. The molecule has 0 unspecified atom stereocenters. The summed E-state index contributed by atoms with van der Waals surface area (Å²) in [5.41, 5.74) is 3.63. The Hall–Kier alpha value is -2.79. The Morgan fingerprint density at radius 1 is 1.04 bits per heavy atom. The van der Waals surface area contributed by atoms with Crippen molar-refractivity contribution in [1.82, 2.24) is 0 Å². The van der Waals surface area contributed by atoms with Crippen molar-refractivity contribution in [2.75, 3.05) is 18.2 Å². The molecule has 3 nitrogen and oxygen atoms in total. The molecule has 0 aromatic heterocycles. The van der Waals surface area contributed by atoms with Gasteiger partial charge in [-0.2, -0.15) is 0 Å². The second kappa shape index (κ2) is 9.24. The summed E-state index contributed by atoms with van der Waals surface area (Å²) in [5, 5.41) is 2.97. The number of benzene rings is 3. The first-order valence-corrected chi connectivity index (χ1v) is 9.67. The fourth-order valence-corrected chi connectivity index (χ4v) is 3.48. The number of methoxy groups -OCH3 is 1. The number of ether oxygens (including phenoxy) is 1. The van der Waals surface area contributed by atoms with E-state index in [1.54, 1.807) is 12.1 Å². The van der Waals surface area contributed by atoms with Crippen LogP contribution in [0.4, 0.5) is 10.1 Å². The van der Waals surface area contributed by atoms with E-state index in [-0.39, 0.29) is 17.4 Å². The minimum atomic E-state index is -0.392. The first-order chi connectivity index (χ1) is 13.2. The van der Waals surface area contributed by atoms with Gasteiger partial charge in [-0.25, -0.2) is 4.39 Å². The molecule has 0 saturated carbocycles. The molecule has 0 aliphatic heterocycles. The lowest BCUT2D eigenvalue weighted by Crippen LogP contribution is -2.14. The summed E-state index contributed by atoms with van der Waals surface area (Å²) in [6, 6.07) is 22.5. The fraction of sp³-hybridized carbons (Fsp3) is 0.136. The molecular weight excluding hydrogens is 361 g/mol. The van der Waals surface area contributed by atoms with Gasteiger partial charge in [-0.15, -0.1) is 11.8 Å². The summed E-state index contributed by atoms with van der Waals surface area (Å²) in [4.78, 5) is 12.3. The third-order valence-corrected chi connectivity index (χ3v) is 5.01. The van der Waals surface area contributed by atoms with Crippen molar-refractivity contribution in [2.24, 2.45) is 0 Å². The van der Waals surface area contributed by atoms with E-state index in [1.807, 2.05) is 54.6 Å². The molecule has 0 bridgehead atoms. The number of para-hydroxylation sites is 1. The topological polar surface area (TPSA) is 38.3 Å². The van der Waals surface area contributed by atoms with Gasteiger partial charge >= 0.3 is 0 Å². The van der Waals surface area contributed by atoms with Gasteiger partial charge in [-0.05, 0) is 29.3 Å². The molecule has 3 aromatic rings. The van der Waals surface area contributed by atoms with Gasteiger partial charge in [0.05, 0.1) is 12.9 Å². The average Bonchev–Trinajstić information content (AvgIpc) is 2.69. The predicted molar refractivity (Wildman–Crippen MR) is 110 cm³/mol. The van der Waals surface area contributed by atoms with Crippen LogP contribution in [0.25, 0.3) is 11.1 Å². The lowest BCUT2D eigenvalue weighted by atomic mass is 10.0. The van der Waals surface area contributed by atoms with E-state index in [0.717, 1.165) is 22.4 Å². The highest BCUT2D eigenvalue weighted by Crippen LogP contribution is 2.28. The van der Waals surface area contributed by atoms with Crippen LogP contribution in [0.15, 0.2) is 72.8 Å². The maximum Gasteiger partial charge on any atom is 0.234 e. The maximum atomic E-state index is 13.7. The van der Waals surface area contributed by atoms with Crippen LogP contribution >= 0.6 is 11.8 Å². The summed E-state index contributed by atoms with van der Waals surface area (Å²) >= 11 is 1.44. The summed E-state index contributed by atoms with van der Waals surface area (Å²) in [6.07, 6.45) is 0. The Bertz CT molecular complexity index is 915. The minimum Gasteiger partial charge on any atom is -0.494 e. The van der Waals surface area contributed by atoms with E-state index in [0.29, 0.717) is 5.75 Å². The third kappa shape index (κ3) is 5.11. The molecule has 0 atom stereocenters. The smallest absolute Gasteiger partial charge is 0.234 e. The highest BCUT2D eigenvalue weighted by atomic mass is 32.2. The van der Waals surface area contributed by atoms with Crippen molar-refractivity contribution in [3.63, 3.8) is 0 Å². The molecule has 3 rings (SSSR count). The van der Waals surface area contributed by atoms with Crippen molar-refractivity contribution in [2.45, 2.75) is 5.75 Å². The highest BCUT2D eigenvalue weighted by Gasteiger charge is 2.09. The maximum absolute atomic E-state index is 13.7. The number of anilines is 1. The molecule has 0 saturated heterocycles. The van der Waals surface area contributed by atoms with Gasteiger partial charge in [0.2, 0.25) is 5.91 Å². The molecule has 138 valence electrons. The number of hydrogen-bond acceptors (Lipinski definition) is 3. The lowest BCUT2D eigenvalue weighted by Gasteiger charge is -2.11. The SMILES string of the molecule is COc1ccc(CSCC(=O)Nc2ccccc2-c2ccccc2)cc1F.